The van der Waals surface area contributed by atoms with E-state index in [0.717, 1.165) is 0 Å². The lowest BCUT2D eigenvalue weighted by atomic mass is 10.3. The Morgan fingerprint density at radius 3 is 2.47 bits per heavy atom. The Balaban J connectivity index is 2.88. The van der Waals surface area contributed by atoms with E-state index < -0.39 is 29.8 Å². The Morgan fingerprint density at radius 2 is 2.13 bits per heavy atom. The van der Waals surface area contributed by atoms with Gasteiger partial charge in [0, 0.05) is 6.54 Å². The summed E-state index contributed by atoms with van der Waals surface area (Å²) >= 11 is 0. The van der Waals surface area contributed by atoms with Gasteiger partial charge in [-0.2, -0.15) is 8.42 Å². The van der Waals surface area contributed by atoms with Crippen molar-refractivity contribution in [1.29, 1.82) is 0 Å². The third-order valence-electron chi connectivity index (χ3n) is 1.83. The molecule has 0 aromatic carbocycles. The minimum atomic E-state index is -4.73. The summed E-state index contributed by atoms with van der Waals surface area (Å²) in [7, 11) is -8.87. The van der Waals surface area contributed by atoms with Crippen LogP contribution in [0.3, 0.4) is 0 Å². The van der Waals surface area contributed by atoms with Crippen LogP contribution in [-0.4, -0.2) is 36.1 Å². The molecule has 1 aliphatic rings. The zero-order chi connectivity index (χ0) is 11.9. The van der Waals surface area contributed by atoms with Gasteiger partial charge in [0.25, 0.3) is 0 Å². The SMILES string of the molecule is N[C@H]1CCN([P@](N)(=O)NS(=O)(=O)O)C1=O. The number of nitrogens with one attached hydrogen (secondary N) is 1. The van der Waals surface area contributed by atoms with Gasteiger partial charge < -0.3 is 5.73 Å². The molecule has 1 saturated heterocycles. The highest BCUT2D eigenvalue weighted by molar-refractivity contribution is 7.90. The number of rotatable bonds is 3. The molecule has 1 fully saturated rings. The molecule has 0 saturated carbocycles. The van der Waals surface area contributed by atoms with Gasteiger partial charge in [0.2, 0.25) is 5.91 Å². The van der Waals surface area contributed by atoms with Crippen LogP contribution in [0.5, 0.6) is 0 Å². The summed E-state index contributed by atoms with van der Waals surface area (Å²) in [6.45, 7) is -0.0176. The molecule has 1 heterocycles. The van der Waals surface area contributed by atoms with Crippen LogP contribution < -0.4 is 15.7 Å². The lowest BCUT2D eigenvalue weighted by Gasteiger charge is -2.22. The van der Waals surface area contributed by atoms with Gasteiger partial charge in [0.05, 0.1) is 6.04 Å². The van der Waals surface area contributed by atoms with E-state index in [2.05, 4.69) is 0 Å². The van der Waals surface area contributed by atoms with Crippen molar-refractivity contribution in [2.45, 2.75) is 12.5 Å². The second-order valence-electron chi connectivity index (χ2n) is 3.05. The maximum atomic E-state index is 11.6. The molecule has 1 amide bonds. The molecule has 6 N–H and O–H groups in total. The lowest BCUT2D eigenvalue weighted by molar-refractivity contribution is -0.124. The number of amides is 1. The van der Waals surface area contributed by atoms with Crippen LogP contribution in [0.25, 0.3) is 0 Å². The van der Waals surface area contributed by atoms with Gasteiger partial charge in [-0.05, 0) is 6.42 Å². The molecular formula is C4H11N4O5PS. The minimum absolute atomic E-state index is 0.0176. The van der Waals surface area contributed by atoms with Crippen LogP contribution in [0, 0.1) is 0 Å². The normalized spacial score (nSPS) is 26.7. The number of hydrogen-bond acceptors (Lipinski definition) is 5. The van der Waals surface area contributed by atoms with E-state index in [4.69, 9.17) is 15.8 Å². The predicted octanol–water partition coefficient (Wildman–Crippen LogP) is -1.99. The smallest absolute Gasteiger partial charge is 0.320 e. The van der Waals surface area contributed by atoms with Crippen molar-refractivity contribution in [3.05, 3.63) is 0 Å². The molecule has 0 radical (unpaired) electrons. The molecule has 0 unspecified atom stereocenters. The Kier molecular flexibility index (Phi) is 3.19. The van der Waals surface area contributed by atoms with Gasteiger partial charge in [0.15, 0.2) is 0 Å². The molecule has 0 aromatic rings. The van der Waals surface area contributed by atoms with Gasteiger partial charge in [-0.3, -0.25) is 24.1 Å². The summed E-state index contributed by atoms with van der Waals surface area (Å²) in [6.07, 6.45) is 0.229. The predicted molar refractivity (Wildman–Crippen MR) is 50.8 cm³/mol. The van der Waals surface area contributed by atoms with E-state index >= 15 is 0 Å². The summed E-state index contributed by atoms with van der Waals surface area (Å²) in [6, 6.07) is -0.843. The molecule has 0 bridgehead atoms. The first-order chi connectivity index (χ1) is 6.63. The zero-order valence-corrected chi connectivity index (χ0v) is 9.24. The highest BCUT2D eigenvalue weighted by atomic mass is 32.2. The largest absolute Gasteiger partial charge is 0.341 e. The molecule has 0 aliphatic carbocycles. The van der Waals surface area contributed by atoms with E-state index in [1.807, 2.05) is 0 Å². The van der Waals surface area contributed by atoms with E-state index in [0.29, 0.717) is 4.67 Å². The lowest BCUT2D eigenvalue weighted by Crippen LogP contribution is -2.39. The Hall–Kier alpha value is -0.510. The topological polar surface area (TPSA) is 156 Å². The van der Waals surface area contributed by atoms with Crippen molar-refractivity contribution in [2.75, 3.05) is 6.54 Å². The number of carbonyl (C=O) groups is 1. The van der Waals surface area contributed by atoms with Gasteiger partial charge in [-0.15, -0.1) is 4.49 Å². The fourth-order valence-electron chi connectivity index (χ4n) is 1.20. The molecule has 0 aromatic heterocycles. The van der Waals surface area contributed by atoms with Crippen molar-refractivity contribution in [3.63, 3.8) is 0 Å². The number of nitrogens with zero attached hydrogens (tertiary/aromatic N) is 1. The summed E-state index contributed by atoms with van der Waals surface area (Å²) in [5, 5.41) is 0. The van der Waals surface area contributed by atoms with Crippen LogP contribution in [0.15, 0.2) is 0 Å². The second kappa shape index (κ2) is 3.81. The maximum Gasteiger partial charge on any atom is 0.341 e. The standard InChI is InChI=1S/C4H11N4O5PS/c5-3-1-2-8(4(3)9)14(6,10)7-15(11,12)13/h3H,1-2,5H2,(H3,6,7,10)(H,11,12,13)/t3-,14+/m0/s1. The second-order valence-corrected chi connectivity index (χ2v) is 6.45. The van der Waals surface area contributed by atoms with E-state index in [-0.39, 0.29) is 13.0 Å². The molecule has 9 nitrogen and oxygen atoms in total. The minimum Gasteiger partial charge on any atom is -0.320 e. The van der Waals surface area contributed by atoms with Crippen molar-refractivity contribution in [3.8, 4) is 0 Å². The van der Waals surface area contributed by atoms with Crippen molar-refractivity contribution in [2.24, 2.45) is 11.2 Å². The van der Waals surface area contributed by atoms with Crippen LogP contribution in [0.4, 0.5) is 0 Å². The van der Waals surface area contributed by atoms with Crippen molar-refractivity contribution >= 4 is 23.8 Å². The molecule has 2 atom stereocenters. The van der Waals surface area contributed by atoms with Crippen LogP contribution in [-0.2, 0) is 19.7 Å². The van der Waals surface area contributed by atoms with E-state index in [1.54, 1.807) is 0 Å². The van der Waals surface area contributed by atoms with Gasteiger partial charge in [0.1, 0.15) is 0 Å². The number of carbonyl (C=O) groups excluding carboxylic acids is 1. The molecule has 1 aliphatic heterocycles. The highest BCUT2D eigenvalue weighted by Gasteiger charge is 2.40. The molecule has 15 heavy (non-hydrogen) atoms. The first kappa shape index (κ1) is 12.6. The van der Waals surface area contributed by atoms with E-state index in [9.17, 15) is 17.8 Å². The summed E-state index contributed by atoms with van der Waals surface area (Å²) in [5.74, 6) is -0.711. The average molecular weight is 258 g/mol. The zero-order valence-electron chi connectivity index (χ0n) is 7.53. The van der Waals surface area contributed by atoms with E-state index in [1.165, 1.54) is 4.49 Å². The molecule has 0 spiro atoms. The molecule has 11 heteroatoms. The van der Waals surface area contributed by atoms with Gasteiger partial charge in [-0.25, -0.2) is 0 Å². The van der Waals surface area contributed by atoms with Gasteiger partial charge >= 0.3 is 17.9 Å². The Labute approximate surface area is 86.2 Å². The highest BCUT2D eigenvalue weighted by Crippen LogP contribution is 2.40. The molecular weight excluding hydrogens is 247 g/mol. The fourth-order valence-corrected chi connectivity index (χ4v) is 3.77. The maximum absolute atomic E-state index is 11.6. The fraction of sp³-hybridized carbons (Fsp3) is 0.750. The Bertz CT molecular complexity index is 421. The summed E-state index contributed by atoms with van der Waals surface area (Å²) < 4.78 is 42.7. The third-order valence-corrected chi connectivity index (χ3v) is 4.91. The summed E-state index contributed by atoms with van der Waals surface area (Å²) in [5.41, 5.74) is 10.4. The first-order valence-corrected chi connectivity index (χ1v) is 7.03. The Morgan fingerprint density at radius 1 is 1.60 bits per heavy atom. The molecule has 88 valence electrons. The first-order valence-electron chi connectivity index (χ1n) is 3.86. The summed E-state index contributed by atoms with van der Waals surface area (Å²) in [4.78, 5) is 11.3. The monoisotopic (exact) mass is 258 g/mol. The van der Waals surface area contributed by atoms with Crippen LogP contribution >= 0.6 is 7.59 Å². The van der Waals surface area contributed by atoms with Crippen LogP contribution in [0.2, 0.25) is 0 Å². The quantitative estimate of drug-likeness (QED) is 0.337. The average Bonchev–Trinajstić information content (AvgIpc) is 2.27. The van der Waals surface area contributed by atoms with Gasteiger partial charge in [-0.1, -0.05) is 0 Å². The molecule has 1 rings (SSSR count). The van der Waals surface area contributed by atoms with Crippen molar-refractivity contribution in [1.82, 2.24) is 9.16 Å². The number of nitrogens with two attached hydrogens (primary N) is 2. The van der Waals surface area contributed by atoms with Crippen molar-refractivity contribution < 1.29 is 22.3 Å². The van der Waals surface area contributed by atoms with Crippen LogP contribution in [0.1, 0.15) is 6.42 Å². The number of hydrogen-bond donors (Lipinski definition) is 4. The third kappa shape index (κ3) is 2.97.